The fraction of sp³-hybridized carbons (Fsp3) is 0.824. The minimum Gasteiger partial charge on any atom is -0.417 e. The lowest BCUT2D eigenvalue weighted by molar-refractivity contribution is -0.120. The summed E-state index contributed by atoms with van der Waals surface area (Å²) in [7, 11) is -1.71. The molecule has 3 heteroatoms. The van der Waals surface area contributed by atoms with E-state index in [-0.39, 0.29) is 11.0 Å². The highest BCUT2D eigenvalue weighted by molar-refractivity contribution is 6.74. The first-order valence-electron chi connectivity index (χ1n) is 7.90. The zero-order valence-electron chi connectivity index (χ0n) is 14.3. The van der Waals surface area contributed by atoms with Crippen molar-refractivity contribution >= 4 is 14.1 Å². The molecule has 0 N–H and O–H groups in total. The molecule has 0 saturated carbocycles. The van der Waals surface area contributed by atoms with Gasteiger partial charge in [-0.05, 0) is 48.9 Å². The smallest absolute Gasteiger partial charge is 0.191 e. The Morgan fingerprint density at radius 1 is 1.35 bits per heavy atom. The van der Waals surface area contributed by atoms with Crippen LogP contribution in [0.25, 0.3) is 0 Å². The fourth-order valence-electron chi connectivity index (χ4n) is 2.30. The van der Waals surface area contributed by atoms with E-state index in [2.05, 4.69) is 53.8 Å². The van der Waals surface area contributed by atoms with Crippen LogP contribution in [0.1, 0.15) is 47.5 Å². The molecule has 0 amide bonds. The third-order valence-electron chi connectivity index (χ3n) is 5.09. The van der Waals surface area contributed by atoms with Gasteiger partial charge in [0.1, 0.15) is 0 Å². The van der Waals surface area contributed by atoms with E-state index in [1.807, 2.05) is 0 Å². The number of allylic oxidation sites excluding steroid dienone is 2. The van der Waals surface area contributed by atoms with Crippen molar-refractivity contribution < 1.29 is 9.22 Å². The van der Waals surface area contributed by atoms with E-state index in [0.717, 1.165) is 19.4 Å². The summed E-state index contributed by atoms with van der Waals surface area (Å²) >= 11 is 0. The molecule has 0 aromatic rings. The molecule has 3 atom stereocenters. The molecule has 2 nitrogen and oxygen atoms in total. The van der Waals surface area contributed by atoms with Gasteiger partial charge in [-0.15, -0.1) is 0 Å². The van der Waals surface area contributed by atoms with Crippen LogP contribution in [-0.2, 0) is 9.22 Å². The monoisotopic (exact) mass is 296 g/mol. The van der Waals surface area contributed by atoms with Gasteiger partial charge in [0.25, 0.3) is 0 Å². The van der Waals surface area contributed by atoms with Crippen molar-refractivity contribution in [2.75, 3.05) is 6.61 Å². The van der Waals surface area contributed by atoms with E-state index < -0.39 is 8.32 Å². The first-order chi connectivity index (χ1) is 9.04. The third-order valence-corrected chi connectivity index (χ3v) is 9.59. The first kappa shape index (κ1) is 17.6. The Kier molecular flexibility index (Phi) is 5.79. The summed E-state index contributed by atoms with van der Waals surface area (Å²) in [6, 6.07) is 0. The predicted molar refractivity (Wildman–Crippen MR) is 88.3 cm³/mol. The highest BCUT2D eigenvalue weighted by Gasteiger charge is 2.38. The number of hydrogen-bond acceptors (Lipinski definition) is 2. The van der Waals surface area contributed by atoms with Crippen LogP contribution in [-0.4, -0.2) is 20.7 Å². The Morgan fingerprint density at radius 3 is 2.50 bits per heavy atom. The lowest BCUT2D eigenvalue weighted by Crippen LogP contribution is -2.42. The third kappa shape index (κ3) is 4.56. The Labute approximate surface area is 126 Å². The van der Waals surface area contributed by atoms with Gasteiger partial charge in [0, 0.05) is 12.5 Å². The topological polar surface area (TPSA) is 26.3 Å². The average Bonchev–Trinajstić information content (AvgIpc) is 2.48. The van der Waals surface area contributed by atoms with Gasteiger partial charge in [-0.3, -0.25) is 4.79 Å². The molecule has 0 aliphatic heterocycles. The second-order valence-corrected chi connectivity index (χ2v) is 12.8. The second kappa shape index (κ2) is 6.57. The molecular weight excluding hydrogens is 264 g/mol. The average molecular weight is 297 g/mol. The van der Waals surface area contributed by atoms with Gasteiger partial charge in [-0.25, -0.2) is 0 Å². The van der Waals surface area contributed by atoms with E-state index >= 15 is 0 Å². The highest BCUT2D eigenvalue weighted by atomic mass is 28.4. The fourth-order valence-corrected chi connectivity index (χ4v) is 3.41. The van der Waals surface area contributed by atoms with Gasteiger partial charge in [0.05, 0.1) is 0 Å². The number of carbonyl (C=O) groups is 1. The van der Waals surface area contributed by atoms with Crippen molar-refractivity contribution in [3.8, 4) is 0 Å². The summed E-state index contributed by atoms with van der Waals surface area (Å²) < 4.78 is 6.29. The zero-order valence-corrected chi connectivity index (χ0v) is 15.3. The van der Waals surface area contributed by atoms with Crippen LogP contribution >= 0.6 is 0 Å². The summed E-state index contributed by atoms with van der Waals surface area (Å²) in [4.78, 5) is 12.2. The SMILES string of the molecule is C[C@@H]1C=CC(=O)[C@H]([C@H](C)CO[Si](C)(C)C(C)(C)C)CC1. The van der Waals surface area contributed by atoms with Crippen LogP contribution in [0.15, 0.2) is 12.2 Å². The highest BCUT2D eigenvalue weighted by Crippen LogP contribution is 2.37. The van der Waals surface area contributed by atoms with E-state index in [1.54, 1.807) is 6.08 Å². The maximum absolute atomic E-state index is 12.2. The molecular formula is C17H32O2Si. The molecule has 0 radical (unpaired) electrons. The lowest BCUT2D eigenvalue weighted by Gasteiger charge is -2.37. The van der Waals surface area contributed by atoms with Crippen LogP contribution in [0, 0.1) is 17.8 Å². The quantitative estimate of drug-likeness (QED) is 0.695. The maximum Gasteiger partial charge on any atom is 0.191 e. The van der Waals surface area contributed by atoms with Gasteiger partial charge < -0.3 is 4.43 Å². The molecule has 1 rings (SSSR count). The summed E-state index contributed by atoms with van der Waals surface area (Å²) in [5.74, 6) is 1.27. The van der Waals surface area contributed by atoms with Crippen molar-refractivity contribution in [3.63, 3.8) is 0 Å². The van der Waals surface area contributed by atoms with Gasteiger partial charge >= 0.3 is 0 Å². The standard InChI is InChI=1S/C17H32O2Si/c1-13-8-10-15(16(18)11-9-13)14(2)12-19-20(6,7)17(3,4)5/h9,11,13-15H,8,10,12H2,1-7H3/t13-,14+,15-/m0/s1. The number of rotatable bonds is 4. The van der Waals surface area contributed by atoms with E-state index in [9.17, 15) is 4.79 Å². The normalized spacial score (nSPS) is 26.4. The van der Waals surface area contributed by atoms with Crippen molar-refractivity contribution in [2.45, 2.75) is 65.6 Å². The van der Waals surface area contributed by atoms with Crippen LogP contribution in [0.2, 0.25) is 18.1 Å². The molecule has 0 aromatic carbocycles. The van der Waals surface area contributed by atoms with E-state index in [0.29, 0.717) is 17.6 Å². The molecule has 0 bridgehead atoms. The van der Waals surface area contributed by atoms with Crippen LogP contribution in [0.3, 0.4) is 0 Å². The Hall–Kier alpha value is -0.413. The summed E-state index contributed by atoms with van der Waals surface area (Å²) in [6.45, 7) is 16.4. The van der Waals surface area contributed by atoms with Crippen molar-refractivity contribution in [1.29, 1.82) is 0 Å². The van der Waals surface area contributed by atoms with Crippen LogP contribution in [0.4, 0.5) is 0 Å². The molecule has 0 aromatic heterocycles. The second-order valence-electron chi connectivity index (χ2n) is 7.97. The van der Waals surface area contributed by atoms with Crippen molar-refractivity contribution in [1.82, 2.24) is 0 Å². The predicted octanol–water partition coefficient (Wildman–Crippen LogP) is 4.82. The molecule has 20 heavy (non-hydrogen) atoms. The lowest BCUT2D eigenvalue weighted by atomic mass is 9.87. The maximum atomic E-state index is 12.2. The van der Waals surface area contributed by atoms with Gasteiger partial charge in [0.15, 0.2) is 14.1 Å². The summed E-state index contributed by atoms with van der Waals surface area (Å²) in [6.07, 6.45) is 5.96. The van der Waals surface area contributed by atoms with Crippen molar-refractivity contribution in [2.24, 2.45) is 17.8 Å². The summed E-state index contributed by atoms with van der Waals surface area (Å²) in [5.41, 5.74) is 0. The molecule has 0 heterocycles. The molecule has 1 aliphatic rings. The molecule has 0 fully saturated rings. The zero-order chi connectivity index (χ0) is 15.6. The number of ketones is 1. The first-order valence-corrected chi connectivity index (χ1v) is 10.8. The van der Waals surface area contributed by atoms with Gasteiger partial charge in [-0.2, -0.15) is 0 Å². The summed E-state index contributed by atoms with van der Waals surface area (Å²) in [5, 5.41) is 0.231. The Balaban J connectivity index is 2.61. The molecule has 0 saturated heterocycles. The van der Waals surface area contributed by atoms with Crippen molar-refractivity contribution in [3.05, 3.63) is 12.2 Å². The van der Waals surface area contributed by atoms with E-state index in [4.69, 9.17) is 4.43 Å². The largest absolute Gasteiger partial charge is 0.417 e. The minimum atomic E-state index is -1.71. The Bertz CT molecular complexity index is 366. The van der Waals surface area contributed by atoms with E-state index in [1.165, 1.54) is 0 Å². The van der Waals surface area contributed by atoms with Crippen LogP contribution in [0.5, 0.6) is 0 Å². The molecule has 0 spiro atoms. The molecule has 1 aliphatic carbocycles. The number of carbonyl (C=O) groups excluding carboxylic acids is 1. The Morgan fingerprint density at radius 2 is 1.95 bits per heavy atom. The minimum absolute atomic E-state index is 0.140. The van der Waals surface area contributed by atoms with Gasteiger partial charge in [0.2, 0.25) is 0 Å². The van der Waals surface area contributed by atoms with Gasteiger partial charge in [-0.1, -0.05) is 40.7 Å². The molecule has 116 valence electrons. The number of hydrogen-bond donors (Lipinski definition) is 0. The molecule has 0 unspecified atom stereocenters. The van der Waals surface area contributed by atoms with Crippen LogP contribution < -0.4 is 0 Å².